The highest BCUT2D eigenvalue weighted by Crippen LogP contribution is 2.38. The second-order valence-corrected chi connectivity index (χ2v) is 22.4. The summed E-state index contributed by atoms with van der Waals surface area (Å²) in [7, 11) is 0. The Labute approximate surface area is 555 Å². The predicted octanol–water partition coefficient (Wildman–Crippen LogP) is 13.4. The summed E-state index contributed by atoms with van der Waals surface area (Å²) in [5, 5.41) is 19.7. The first-order valence-corrected chi connectivity index (χ1v) is 29.7. The van der Waals surface area contributed by atoms with Crippen molar-refractivity contribution in [2.24, 2.45) is 17.4 Å². The van der Waals surface area contributed by atoms with Crippen molar-refractivity contribution in [2.75, 3.05) is 78.5 Å². The molecule has 0 bridgehead atoms. The molecule has 9 rings (SSSR count). The molecule has 6 aromatic heterocycles. The van der Waals surface area contributed by atoms with Crippen molar-refractivity contribution in [3.63, 3.8) is 0 Å². The smallest absolute Gasteiger partial charge is 0.391 e. The average Bonchev–Trinajstić information content (AvgIpc) is 0.792. The molecule has 8 aromatic rings. The molecule has 0 aliphatic carbocycles. The average molecular weight is 1340 g/mol. The number of nitrogens with two attached hydrogens (primary N) is 5. The van der Waals surface area contributed by atoms with Crippen LogP contribution in [-0.4, -0.2) is 110 Å². The van der Waals surface area contributed by atoms with Gasteiger partial charge in [0.15, 0.2) is 0 Å². The number of piperazine rings is 1. The van der Waals surface area contributed by atoms with Gasteiger partial charge in [-0.25, -0.2) is 29.9 Å². The van der Waals surface area contributed by atoms with Crippen LogP contribution >= 0.6 is 0 Å². The number of halogens is 9. The lowest BCUT2D eigenvalue weighted by Crippen LogP contribution is -2.57. The van der Waals surface area contributed by atoms with Crippen LogP contribution in [-0.2, 0) is 29.4 Å². The van der Waals surface area contributed by atoms with E-state index in [1.54, 1.807) is 4.90 Å². The number of anilines is 6. The third-order valence-corrected chi connectivity index (χ3v) is 16.2. The molecule has 2 aromatic carbocycles. The maximum absolute atomic E-state index is 13.6. The molecule has 1 fully saturated rings. The molecular formula is C66H98F9N15O4. The maximum Gasteiger partial charge on any atom is 0.418 e. The molecule has 28 heteroatoms. The number of benzene rings is 2. The number of hydrogen-bond donors (Lipinski definition) is 9. The van der Waals surface area contributed by atoms with Gasteiger partial charge in [-0.15, -0.1) is 0 Å². The number of ketones is 3. The Morgan fingerprint density at radius 3 is 1.24 bits per heavy atom. The normalized spacial score (nSPS) is 15.0. The lowest BCUT2D eigenvalue weighted by Gasteiger charge is -2.38. The molecule has 94 heavy (non-hydrogen) atoms. The van der Waals surface area contributed by atoms with Gasteiger partial charge in [-0.1, -0.05) is 88.4 Å². The van der Waals surface area contributed by atoms with E-state index >= 15 is 0 Å². The molecule has 14 N–H and O–H groups in total. The van der Waals surface area contributed by atoms with Crippen LogP contribution in [0.15, 0.2) is 152 Å². The highest BCUT2D eigenvalue weighted by Gasteiger charge is 2.41. The summed E-state index contributed by atoms with van der Waals surface area (Å²) in [6.07, 6.45) is -9.47. The molecule has 1 aliphatic rings. The van der Waals surface area contributed by atoms with Gasteiger partial charge < -0.3 is 54.6 Å². The van der Waals surface area contributed by atoms with Crippen LogP contribution in [0.1, 0.15) is 135 Å². The number of carbonyl (C=O) groups is 3. The molecule has 4 atom stereocenters. The molecule has 19 nitrogen and oxygen atoms in total. The van der Waals surface area contributed by atoms with Gasteiger partial charge in [0.05, 0.1) is 45.5 Å². The number of aromatic nitrogens is 6. The second-order valence-electron chi connectivity index (χ2n) is 22.4. The number of nitrogen functional groups attached to an aromatic ring is 3. The van der Waals surface area contributed by atoms with Crippen molar-refractivity contribution in [2.45, 2.75) is 82.0 Å². The van der Waals surface area contributed by atoms with Crippen LogP contribution in [0.5, 0.6) is 0 Å². The Morgan fingerprint density at radius 2 is 0.915 bits per heavy atom. The fraction of sp³-hybridized carbons (Fsp3) is 0.318. The Balaban J connectivity index is -0.000000264. The van der Waals surface area contributed by atoms with Crippen molar-refractivity contribution in [1.29, 1.82) is 0 Å². The van der Waals surface area contributed by atoms with Gasteiger partial charge in [0.25, 0.3) is 0 Å². The van der Waals surface area contributed by atoms with Crippen LogP contribution < -0.4 is 49.5 Å². The minimum Gasteiger partial charge on any atom is -0.391 e. The molecule has 2 unspecified atom stereocenters. The first-order valence-electron chi connectivity index (χ1n) is 29.7. The summed E-state index contributed by atoms with van der Waals surface area (Å²) in [5.41, 5.74) is 24.3. The van der Waals surface area contributed by atoms with E-state index in [0.717, 1.165) is 29.3 Å². The topological polar surface area (TPSA) is 318 Å². The van der Waals surface area contributed by atoms with Crippen molar-refractivity contribution < 1.29 is 77.6 Å². The fourth-order valence-electron chi connectivity index (χ4n) is 10.5. The monoisotopic (exact) mass is 1340 g/mol. The lowest BCUT2D eigenvalue weighted by atomic mass is 9.78. The Bertz CT molecular complexity index is 3760. The van der Waals surface area contributed by atoms with E-state index in [1.807, 2.05) is 88.4 Å². The van der Waals surface area contributed by atoms with Crippen molar-refractivity contribution >= 4 is 52.3 Å². The van der Waals surface area contributed by atoms with E-state index in [4.69, 9.17) is 28.7 Å². The van der Waals surface area contributed by atoms with Gasteiger partial charge in [0, 0.05) is 93.8 Å². The number of alkyl halides is 9. The number of hydrogen-bond acceptors (Lipinski definition) is 19. The summed E-state index contributed by atoms with van der Waals surface area (Å²) in [5.74, 6) is -2.83. The Morgan fingerprint density at radius 1 is 0.553 bits per heavy atom. The van der Waals surface area contributed by atoms with Gasteiger partial charge in [0.2, 0.25) is 17.3 Å². The number of aliphatic hydroxyl groups excluding tert-OH is 1. The summed E-state index contributed by atoms with van der Waals surface area (Å²) >= 11 is 0. The zero-order valence-electron chi connectivity index (χ0n) is 51.6. The number of nitrogens with one attached hydrogen (secondary N) is 3. The van der Waals surface area contributed by atoms with Crippen LogP contribution in [0.3, 0.4) is 0 Å². The zero-order chi connectivity index (χ0) is 68.8. The van der Waals surface area contributed by atoms with Crippen LogP contribution in [0, 0.1) is 5.92 Å². The van der Waals surface area contributed by atoms with Gasteiger partial charge in [-0.2, -0.15) is 39.5 Å². The van der Waals surface area contributed by atoms with Crippen molar-refractivity contribution in [3.05, 3.63) is 214 Å². The summed E-state index contributed by atoms with van der Waals surface area (Å²) in [4.78, 5) is 63.9. The van der Waals surface area contributed by atoms with E-state index < -0.39 is 86.6 Å². The highest BCUT2D eigenvalue weighted by molar-refractivity contribution is 6.13. The number of aliphatic hydroxyl groups is 1. The first kappa shape index (κ1) is 71.8. The third kappa shape index (κ3) is 17.1. The second kappa shape index (κ2) is 30.9. The maximum atomic E-state index is 13.6. The molecule has 0 spiro atoms. The largest absolute Gasteiger partial charge is 0.418 e. The number of carbonyl (C=O) groups excluding carboxylic acids is 3. The minimum absolute atomic E-state index is 0. The summed E-state index contributed by atoms with van der Waals surface area (Å²) < 4.78 is 122. The molecule has 0 radical (unpaired) electrons. The van der Waals surface area contributed by atoms with Gasteiger partial charge in [-0.05, 0) is 103 Å². The van der Waals surface area contributed by atoms with E-state index in [2.05, 4.69) is 45.9 Å². The molecule has 1 saturated heterocycles. The van der Waals surface area contributed by atoms with Gasteiger partial charge in [-0.3, -0.25) is 14.4 Å². The zero-order valence-corrected chi connectivity index (χ0v) is 51.6. The summed E-state index contributed by atoms with van der Waals surface area (Å²) in [6.45, 7) is 10.4. The molecule has 1 aliphatic heterocycles. The van der Waals surface area contributed by atoms with Crippen LogP contribution in [0.4, 0.5) is 74.4 Å². The highest BCUT2D eigenvalue weighted by atomic mass is 19.4. The van der Waals surface area contributed by atoms with Gasteiger partial charge >= 0.3 is 18.5 Å². The van der Waals surface area contributed by atoms with Gasteiger partial charge in [0.1, 0.15) is 52.0 Å². The molecule has 7 heterocycles. The minimum atomic E-state index is -4.76. The molecule has 0 amide bonds. The number of pyridine rings is 6. The SMILES string of the molecule is CC(C)C(O)C1CN(c2ccc(C(F)(F)F)c(C(=O)c3cccnc3N)n2)CCN1.CC[C@@](CN)(CNc1ccc(C(F)(F)F)c(C(=O)c2cccnc2N)n1)c1ccccc1.CC[C@](CN)(CNc1ccc(C(F)(F)F)c(C(=O)c2cccnc2N)n1)c1ccccc1.[HH].[HH].[HH].[HH].[HH].[HH].[HH].[HH].[HH].[HH].[HH].[HH].[HH]. The Kier molecular flexibility index (Phi) is 23.6. The summed E-state index contributed by atoms with van der Waals surface area (Å²) in [6, 6.07) is 33.4. The van der Waals surface area contributed by atoms with Crippen LogP contribution in [0.2, 0.25) is 0 Å². The number of rotatable bonds is 21. The molecule has 0 saturated carbocycles. The van der Waals surface area contributed by atoms with E-state index in [0.29, 0.717) is 58.7 Å². The predicted molar refractivity (Wildman–Crippen MR) is 368 cm³/mol. The van der Waals surface area contributed by atoms with E-state index in [9.17, 15) is 59.0 Å². The lowest BCUT2D eigenvalue weighted by molar-refractivity contribution is -0.138. The Hall–Kier alpha value is -9.64. The fourth-order valence-corrected chi connectivity index (χ4v) is 10.5. The third-order valence-electron chi connectivity index (χ3n) is 16.2. The van der Waals surface area contributed by atoms with E-state index in [-0.39, 0.29) is 82.1 Å². The van der Waals surface area contributed by atoms with Crippen LogP contribution in [0.25, 0.3) is 0 Å². The molecule has 524 valence electrons. The first-order chi connectivity index (χ1) is 44.5. The number of nitrogens with zero attached hydrogens (tertiary/aromatic N) is 7. The van der Waals surface area contributed by atoms with Crippen molar-refractivity contribution in [3.8, 4) is 0 Å². The van der Waals surface area contributed by atoms with E-state index in [1.165, 1.54) is 73.2 Å². The molecular weight excluding hydrogens is 1240 g/mol. The van der Waals surface area contributed by atoms with Crippen molar-refractivity contribution in [1.82, 2.24) is 35.2 Å². The standard InChI is InChI=1S/2C23H24F3N5O.C20H24F3N5O2.13H2/c2*1-2-22(13-27,15-7-4-3-5-8-15)14-30-18-11-10-17(23(24,25)26)19(31-18)20(32)16-9-6-12-29-21(16)28;1-11(2)17(29)14-10-28(9-8-25-14)15-6-5-13(20(21,22)23)16(27-15)18(30)12-4-3-7-26-19(12)24;;;;;;;;;;;;;/h2*3-12H,2,13-14,27H2,1H3,(H2,28,29)(H,30,31);3-7,11,14,17,25,29H,8-10H2,1-2H3,(H2,24,26);13*1H/t2*22-;;;;;;;;;;;;;;/m10............../s1. The quantitative estimate of drug-likeness (QED) is 0.0238.